The SMILES string of the molecule is CCc1ccccc1N(CC(=O)N(Cc1ccccc1)[C@@H](C)C(=O)NC1CCCC1)S(C)(=O)=O. The fourth-order valence-corrected chi connectivity index (χ4v) is 5.28. The minimum absolute atomic E-state index is 0.132. The van der Waals surface area contributed by atoms with Crippen LogP contribution in [-0.4, -0.2) is 50.0 Å². The average molecular weight is 486 g/mol. The standard InChI is InChI=1S/C26H35N3O4S/c1-4-22-14-8-11-17-24(22)29(34(3,32)33)19-25(30)28(18-21-12-6-5-7-13-21)20(2)26(31)27-23-15-9-10-16-23/h5-8,11-14,17,20,23H,4,9-10,15-16,18-19H2,1-3H3,(H,27,31)/t20-/m0/s1. The van der Waals surface area contributed by atoms with Gasteiger partial charge in [0.25, 0.3) is 0 Å². The number of hydrogen-bond donors (Lipinski definition) is 1. The molecule has 2 aromatic carbocycles. The Morgan fingerprint density at radius 1 is 1.03 bits per heavy atom. The van der Waals surface area contributed by atoms with E-state index in [1.165, 1.54) is 4.90 Å². The van der Waals surface area contributed by atoms with E-state index < -0.39 is 22.0 Å². The molecule has 0 aromatic heterocycles. The minimum atomic E-state index is -3.73. The first kappa shape index (κ1) is 25.7. The number of hydrogen-bond acceptors (Lipinski definition) is 4. The lowest BCUT2D eigenvalue weighted by atomic mass is 10.1. The number of para-hydroxylation sites is 1. The predicted octanol–water partition coefficient (Wildman–Crippen LogP) is 3.49. The van der Waals surface area contributed by atoms with Crippen molar-refractivity contribution in [2.45, 2.75) is 64.6 Å². The topological polar surface area (TPSA) is 86.8 Å². The molecule has 184 valence electrons. The normalized spacial score (nSPS) is 15.0. The quantitative estimate of drug-likeness (QED) is 0.558. The third-order valence-electron chi connectivity index (χ3n) is 6.39. The maximum atomic E-state index is 13.6. The highest BCUT2D eigenvalue weighted by molar-refractivity contribution is 7.92. The lowest BCUT2D eigenvalue weighted by Crippen LogP contribution is -2.52. The maximum absolute atomic E-state index is 13.6. The Hall–Kier alpha value is -2.87. The van der Waals surface area contributed by atoms with Gasteiger partial charge in [-0.05, 0) is 43.4 Å². The molecule has 8 heteroatoms. The summed E-state index contributed by atoms with van der Waals surface area (Å²) < 4.78 is 26.6. The molecule has 2 amide bonds. The molecular weight excluding hydrogens is 450 g/mol. The predicted molar refractivity (Wildman–Crippen MR) is 135 cm³/mol. The molecule has 0 radical (unpaired) electrons. The number of aryl methyl sites for hydroxylation is 1. The van der Waals surface area contributed by atoms with E-state index in [-0.39, 0.29) is 25.0 Å². The van der Waals surface area contributed by atoms with Crippen LogP contribution in [0.15, 0.2) is 54.6 Å². The molecule has 1 aliphatic carbocycles. The Balaban J connectivity index is 1.88. The molecule has 0 heterocycles. The molecule has 1 saturated carbocycles. The summed E-state index contributed by atoms with van der Waals surface area (Å²) in [5.74, 6) is -0.634. The molecule has 1 fully saturated rings. The summed E-state index contributed by atoms with van der Waals surface area (Å²) in [5, 5.41) is 3.07. The molecule has 0 aliphatic heterocycles. The largest absolute Gasteiger partial charge is 0.352 e. The highest BCUT2D eigenvalue weighted by atomic mass is 32.2. The van der Waals surface area contributed by atoms with E-state index in [1.54, 1.807) is 19.1 Å². The minimum Gasteiger partial charge on any atom is -0.352 e. The first-order valence-corrected chi connectivity index (χ1v) is 13.7. The van der Waals surface area contributed by atoms with Gasteiger partial charge in [-0.1, -0.05) is 68.3 Å². The van der Waals surface area contributed by atoms with Gasteiger partial charge in [-0.15, -0.1) is 0 Å². The van der Waals surface area contributed by atoms with Crippen molar-refractivity contribution in [2.75, 3.05) is 17.1 Å². The Morgan fingerprint density at radius 3 is 2.26 bits per heavy atom. The molecule has 1 N–H and O–H groups in total. The van der Waals surface area contributed by atoms with E-state index in [9.17, 15) is 18.0 Å². The summed E-state index contributed by atoms with van der Waals surface area (Å²) in [6.45, 7) is 3.49. The summed E-state index contributed by atoms with van der Waals surface area (Å²) in [5.41, 5.74) is 2.20. The second-order valence-electron chi connectivity index (χ2n) is 8.93. The molecule has 7 nitrogen and oxygen atoms in total. The molecule has 3 rings (SSSR count). The first-order valence-electron chi connectivity index (χ1n) is 11.9. The summed E-state index contributed by atoms with van der Waals surface area (Å²) in [4.78, 5) is 28.1. The molecule has 0 saturated heterocycles. The van der Waals surface area contributed by atoms with Crippen LogP contribution in [0.4, 0.5) is 5.69 Å². The molecular formula is C26H35N3O4S. The van der Waals surface area contributed by atoms with Crippen LogP contribution in [0.2, 0.25) is 0 Å². The lowest BCUT2D eigenvalue weighted by Gasteiger charge is -2.32. The van der Waals surface area contributed by atoms with Crippen molar-refractivity contribution in [3.8, 4) is 0 Å². The van der Waals surface area contributed by atoms with E-state index >= 15 is 0 Å². The second-order valence-corrected chi connectivity index (χ2v) is 10.8. The van der Waals surface area contributed by atoms with E-state index in [0.29, 0.717) is 12.1 Å². The van der Waals surface area contributed by atoms with Crippen molar-refractivity contribution in [3.63, 3.8) is 0 Å². The highest BCUT2D eigenvalue weighted by Crippen LogP contribution is 2.24. The van der Waals surface area contributed by atoms with Crippen LogP contribution in [0.3, 0.4) is 0 Å². The van der Waals surface area contributed by atoms with Crippen LogP contribution < -0.4 is 9.62 Å². The zero-order valence-electron chi connectivity index (χ0n) is 20.2. The van der Waals surface area contributed by atoms with Crippen LogP contribution in [0.1, 0.15) is 50.7 Å². The Bertz CT molecular complexity index is 1080. The molecule has 34 heavy (non-hydrogen) atoms. The van der Waals surface area contributed by atoms with Crippen molar-refractivity contribution < 1.29 is 18.0 Å². The highest BCUT2D eigenvalue weighted by Gasteiger charge is 2.31. The van der Waals surface area contributed by atoms with Crippen molar-refractivity contribution in [1.82, 2.24) is 10.2 Å². The summed E-state index contributed by atoms with van der Waals surface area (Å²) in [6, 6.07) is 16.0. The molecule has 0 spiro atoms. The zero-order chi connectivity index (χ0) is 24.7. The number of nitrogens with zero attached hydrogens (tertiary/aromatic N) is 2. The van der Waals surface area contributed by atoms with Crippen molar-refractivity contribution in [1.29, 1.82) is 0 Å². The number of rotatable bonds is 10. The average Bonchev–Trinajstić information content (AvgIpc) is 3.33. The number of carbonyl (C=O) groups excluding carboxylic acids is 2. The van der Waals surface area contributed by atoms with Gasteiger partial charge in [-0.3, -0.25) is 13.9 Å². The van der Waals surface area contributed by atoms with Gasteiger partial charge < -0.3 is 10.2 Å². The molecule has 1 atom stereocenters. The number of sulfonamides is 1. The third kappa shape index (κ3) is 6.59. The van der Waals surface area contributed by atoms with Gasteiger partial charge in [-0.2, -0.15) is 0 Å². The van der Waals surface area contributed by atoms with Gasteiger partial charge in [0.05, 0.1) is 11.9 Å². The second kappa shape index (κ2) is 11.5. The van der Waals surface area contributed by atoms with Crippen LogP contribution in [0.25, 0.3) is 0 Å². The van der Waals surface area contributed by atoms with Gasteiger partial charge in [0.1, 0.15) is 12.6 Å². The van der Waals surface area contributed by atoms with Crippen LogP contribution >= 0.6 is 0 Å². The molecule has 0 unspecified atom stereocenters. The van der Waals surface area contributed by atoms with Crippen LogP contribution in [-0.2, 0) is 32.6 Å². The number of carbonyl (C=O) groups is 2. The van der Waals surface area contributed by atoms with E-state index in [2.05, 4.69) is 5.32 Å². The van der Waals surface area contributed by atoms with Crippen molar-refractivity contribution >= 4 is 27.5 Å². The third-order valence-corrected chi connectivity index (χ3v) is 7.51. The fraction of sp³-hybridized carbons (Fsp3) is 0.462. The summed E-state index contributed by atoms with van der Waals surface area (Å²) >= 11 is 0. The number of anilines is 1. The van der Waals surface area contributed by atoms with Crippen LogP contribution in [0, 0.1) is 0 Å². The summed E-state index contributed by atoms with van der Waals surface area (Å²) in [7, 11) is -3.73. The Morgan fingerprint density at radius 2 is 1.65 bits per heavy atom. The number of nitrogens with one attached hydrogen (secondary N) is 1. The van der Waals surface area contributed by atoms with Gasteiger partial charge in [0.15, 0.2) is 0 Å². The lowest BCUT2D eigenvalue weighted by molar-refractivity contribution is -0.139. The smallest absolute Gasteiger partial charge is 0.244 e. The molecule has 2 aromatic rings. The maximum Gasteiger partial charge on any atom is 0.244 e. The zero-order valence-corrected chi connectivity index (χ0v) is 21.1. The van der Waals surface area contributed by atoms with Gasteiger partial charge in [-0.25, -0.2) is 8.42 Å². The molecule has 1 aliphatic rings. The first-order chi connectivity index (χ1) is 16.2. The number of amides is 2. The fourth-order valence-electron chi connectivity index (χ4n) is 4.40. The Labute approximate surface area is 203 Å². The summed E-state index contributed by atoms with van der Waals surface area (Å²) in [6.07, 6.45) is 5.80. The van der Waals surface area contributed by atoms with Crippen molar-refractivity contribution in [3.05, 3.63) is 65.7 Å². The molecule has 0 bridgehead atoms. The van der Waals surface area contributed by atoms with Gasteiger partial charge >= 0.3 is 0 Å². The van der Waals surface area contributed by atoms with Gasteiger partial charge in [0.2, 0.25) is 21.8 Å². The van der Waals surface area contributed by atoms with E-state index in [0.717, 1.165) is 47.4 Å². The van der Waals surface area contributed by atoms with Crippen molar-refractivity contribution in [2.24, 2.45) is 0 Å². The van der Waals surface area contributed by atoms with E-state index in [1.807, 2.05) is 49.4 Å². The van der Waals surface area contributed by atoms with Crippen LogP contribution in [0.5, 0.6) is 0 Å². The number of benzene rings is 2. The van der Waals surface area contributed by atoms with Gasteiger partial charge in [0, 0.05) is 12.6 Å². The monoisotopic (exact) mass is 485 g/mol. The van der Waals surface area contributed by atoms with E-state index in [4.69, 9.17) is 0 Å². The Kier molecular flexibility index (Phi) is 8.72.